The first-order valence-electron chi connectivity index (χ1n) is 15.3. The monoisotopic (exact) mass is 599 g/mol. The maximum atomic E-state index is 12.7. The van der Waals surface area contributed by atoms with Crippen LogP contribution in [0, 0.1) is 5.92 Å². The van der Waals surface area contributed by atoms with Gasteiger partial charge in [-0.2, -0.15) is 0 Å². The average molecular weight is 600 g/mol. The van der Waals surface area contributed by atoms with Gasteiger partial charge in [-0.1, -0.05) is 0 Å². The van der Waals surface area contributed by atoms with E-state index in [0.717, 1.165) is 34.8 Å². The smallest absolute Gasteiger partial charge is 0.410 e. The van der Waals surface area contributed by atoms with Gasteiger partial charge in [-0.05, 0) is 64.8 Å². The number of ether oxygens (including phenoxy) is 2. The number of oxazole rings is 1. The van der Waals surface area contributed by atoms with Crippen molar-refractivity contribution in [2.75, 3.05) is 48.3 Å². The van der Waals surface area contributed by atoms with Gasteiger partial charge in [0, 0.05) is 54.4 Å². The largest absolute Gasteiger partial charge is 0.444 e. The summed E-state index contributed by atoms with van der Waals surface area (Å²) in [6.07, 6.45) is 4.78. The SMILES string of the molecule is CCNc1ncc(-c2nc3cc(N4CC5CN(C(=O)OC(C)(C)C)CC(C4)O5)ccc3o2)c2cc(NC(=O)C3CC3)ncc12. The Bertz CT molecular complexity index is 1730. The molecule has 0 spiro atoms. The molecule has 2 atom stereocenters. The molecule has 2 bridgehead atoms. The highest BCUT2D eigenvalue weighted by atomic mass is 16.6. The number of benzene rings is 1. The fourth-order valence-corrected chi connectivity index (χ4v) is 5.86. The maximum Gasteiger partial charge on any atom is 0.410 e. The Morgan fingerprint density at radius 2 is 1.80 bits per heavy atom. The number of hydrogen-bond acceptors (Lipinski definition) is 10. The number of amides is 2. The van der Waals surface area contributed by atoms with Crippen molar-refractivity contribution in [3.05, 3.63) is 36.7 Å². The lowest BCUT2D eigenvalue weighted by molar-refractivity contribution is -0.117. The van der Waals surface area contributed by atoms with Gasteiger partial charge in [0.25, 0.3) is 0 Å². The summed E-state index contributed by atoms with van der Waals surface area (Å²) in [6.45, 7) is 10.6. The summed E-state index contributed by atoms with van der Waals surface area (Å²) in [5, 5.41) is 7.88. The highest BCUT2D eigenvalue weighted by Gasteiger charge is 2.38. The zero-order chi connectivity index (χ0) is 30.6. The van der Waals surface area contributed by atoms with E-state index in [0.29, 0.717) is 61.4 Å². The minimum Gasteiger partial charge on any atom is -0.444 e. The number of aromatic nitrogens is 3. The number of pyridine rings is 2. The molecule has 12 nitrogen and oxygen atoms in total. The molecular formula is C32H37N7O5. The van der Waals surface area contributed by atoms with E-state index in [2.05, 4.69) is 25.5 Å². The molecule has 4 aromatic rings. The molecule has 0 radical (unpaired) electrons. The standard InChI is InChI=1S/C32H37N7O5/c1-5-33-28-23-12-34-27(37-29(40)18-6-7-18)11-22(23)24(13-35-28)30-36-25-10-19(8-9-26(25)43-30)38-14-20-16-39(17-21(15-38)42-20)31(41)44-32(2,3)4/h8-13,18,20-21H,5-7,14-17H2,1-4H3,(H,33,35)(H,34,37,40). The number of carbonyl (C=O) groups excluding carboxylic acids is 2. The van der Waals surface area contributed by atoms with Crippen LogP contribution in [0.25, 0.3) is 33.3 Å². The van der Waals surface area contributed by atoms with Gasteiger partial charge in [0.05, 0.1) is 30.9 Å². The van der Waals surface area contributed by atoms with Crippen molar-refractivity contribution < 1.29 is 23.5 Å². The molecule has 230 valence electrons. The summed E-state index contributed by atoms with van der Waals surface area (Å²) in [6, 6.07) is 7.86. The highest BCUT2D eigenvalue weighted by molar-refractivity contribution is 6.03. The van der Waals surface area contributed by atoms with E-state index in [1.807, 2.05) is 52.0 Å². The summed E-state index contributed by atoms with van der Waals surface area (Å²) in [7, 11) is 0. The molecule has 2 saturated heterocycles. The Morgan fingerprint density at radius 1 is 1.02 bits per heavy atom. The minimum atomic E-state index is -0.537. The summed E-state index contributed by atoms with van der Waals surface area (Å²) in [5.74, 6) is 1.71. The van der Waals surface area contributed by atoms with E-state index in [1.165, 1.54) is 0 Å². The molecule has 1 aliphatic carbocycles. The second-order valence-corrected chi connectivity index (χ2v) is 12.8. The fourth-order valence-electron chi connectivity index (χ4n) is 5.86. The molecule has 3 fully saturated rings. The van der Waals surface area contributed by atoms with Crippen LogP contribution in [0.5, 0.6) is 0 Å². The number of rotatable bonds is 6. The number of carbonyl (C=O) groups is 2. The van der Waals surface area contributed by atoms with Crippen LogP contribution in [-0.4, -0.2) is 82.4 Å². The predicted molar refractivity (Wildman–Crippen MR) is 167 cm³/mol. The topological polar surface area (TPSA) is 135 Å². The van der Waals surface area contributed by atoms with Crippen molar-refractivity contribution in [2.45, 2.75) is 58.3 Å². The van der Waals surface area contributed by atoms with Gasteiger partial charge >= 0.3 is 6.09 Å². The zero-order valence-corrected chi connectivity index (χ0v) is 25.4. The van der Waals surface area contributed by atoms with Gasteiger partial charge in [0.15, 0.2) is 5.58 Å². The lowest BCUT2D eigenvalue weighted by atomic mass is 10.1. The third kappa shape index (κ3) is 5.73. The van der Waals surface area contributed by atoms with E-state index in [-0.39, 0.29) is 30.1 Å². The number of anilines is 3. The van der Waals surface area contributed by atoms with Crippen LogP contribution >= 0.6 is 0 Å². The van der Waals surface area contributed by atoms with Gasteiger partial charge in [0.2, 0.25) is 11.8 Å². The van der Waals surface area contributed by atoms with Gasteiger partial charge in [-0.3, -0.25) is 4.79 Å². The number of fused-ring (bicyclic) bond motifs is 4. The summed E-state index contributed by atoms with van der Waals surface area (Å²) in [4.78, 5) is 43.1. The van der Waals surface area contributed by atoms with Crippen molar-refractivity contribution >= 4 is 51.2 Å². The molecule has 2 aliphatic heterocycles. The van der Waals surface area contributed by atoms with Crippen LogP contribution in [0.3, 0.4) is 0 Å². The first kappa shape index (κ1) is 28.3. The quantitative estimate of drug-likeness (QED) is 0.310. The Labute approximate surface area is 255 Å². The molecule has 3 aliphatic rings. The van der Waals surface area contributed by atoms with Crippen LogP contribution in [0.4, 0.5) is 22.1 Å². The molecular weight excluding hydrogens is 562 g/mol. The molecule has 2 unspecified atom stereocenters. The number of nitrogens with one attached hydrogen (secondary N) is 2. The van der Waals surface area contributed by atoms with Crippen molar-refractivity contribution in [1.82, 2.24) is 19.9 Å². The van der Waals surface area contributed by atoms with Gasteiger partial charge in [0.1, 0.15) is 22.8 Å². The molecule has 44 heavy (non-hydrogen) atoms. The summed E-state index contributed by atoms with van der Waals surface area (Å²) < 4.78 is 18.0. The van der Waals surface area contributed by atoms with Crippen molar-refractivity contribution in [2.24, 2.45) is 5.92 Å². The van der Waals surface area contributed by atoms with Gasteiger partial charge < -0.3 is 34.3 Å². The first-order valence-corrected chi connectivity index (χ1v) is 15.3. The third-order valence-electron chi connectivity index (χ3n) is 8.02. The first-order chi connectivity index (χ1) is 21.1. The molecule has 1 saturated carbocycles. The Morgan fingerprint density at radius 3 is 2.50 bits per heavy atom. The Balaban J connectivity index is 1.15. The molecule has 2 amide bonds. The van der Waals surface area contributed by atoms with E-state index in [9.17, 15) is 9.59 Å². The predicted octanol–water partition coefficient (Wildman–Crippen LogP) is 5.04. The Kier molecular flexibility index (Phi) is 7.03. The van der Waals surface area contributed by atoms with E-state index in [1.54, 1.807) is 17.3 Å². The number of nitrogens with zero attached hydrogens (tertiary/aromatic N) is 5. The number of morpholine rings is 2. The van der Waals surface area contributed by atoms with Gasteiger partial charge in [-0.25, -0.2) is 19.7 Å². The highest BCUT2D eigenvalue weighted by Crippen LogP contribution is 2.36. The molecule has 3 aromatic heterocycles. The maximum absolute atomic E-state index is 12.7. The lowest BCUT2D eigenvalue weighted by Gasteiger charge is -2.46. The lowest BCUT2D eigenvalue weighted by Crippen LogP contribution is -2.61. The molecule has 5 heterocycles. The zero-order valence-electron chi connectivity index (χ0n) is 25.4. The minimum absolute atomic E-state index is 0.00134. The number of hydrogen-bond donors (Lipinski definition) is 2. The summed E-state index contributed by atoms with van der Waals surface area (Å²) in [5.41, 5.74) is 2.58. The van der Waals surface area contributed by atoms with Crippen LogP contribution in [0.1, 0.15) is 40.5 Å². The van der Waals surface area contributed by atoms with Crippen molar-refractivity contribution in [3.63, 3.8) is 0 Å². The normalized spacial score (nSPS) is 20.2. The van der Waals surface area contributed by atoms with Crippen LogP contribution < -0.4 is 15.5 Å². The van der Waals surface area contributed by atoms with Crippen LogP contribution in [0.15, 0.2) is 41.1 Å². The second kappa shape index (κ2) is 10.9. The summed E-state index contributed by atoms with van der Waals surface area (Å²) >= 11 is 0. The van der Waals surface area contributed by atoms with Crippen LogP contribution in [-0.2, 0) is 14.3 Å². The third-order valence-corrected chi connectivity index (χ3v) is 8.02. The molecule has 7 rings (SSSR count). The van der Waals surface area contributed by atoms with E-state index in [4.69, 9.17) is 18.9 Å². The fraction of sp³-hybridized carbons (Fsp3) is 0.469. The van der Waals surface area contributed by atoms with Crippen molar-refractivity contribution in [3.8, 4) is 11.5 Å². The van der Waals surface area contributed by atoms with E-state index < -0.39 is 5.60 Å². The van der Waals surface area contributed by atoms with Crippen molar-refractivity contribution in [1.29, 1.82) is 0 Å². The molecule has 12 heteroatoms. The second-order valence-electron chi connectivity index (χ2n) is 12.8. The van der Waals surface area contributed by atoms with E-state index >= 15 is 0 Å². The Hall–Kier alpha value is -4.45. The molecule has 1 aromatic carbocycles. The van der Waals surface area contributed by atoms with Crippen LogP contribution in [0.2, 0.25) is 0 Å². The average Bonchev–Trinajstić information content (AvgIpc) is 3.75. The van der Waals surface area contributed by atoms with Gasteiger partial charge in [-0.15, -0.1) is 0 Å². The molecule has 2 N–H and O–H groups in total.